The Morgan fingerprint density at radius 1 is 0.896 bits per heavy atom. The van der Waals surface area contributed by atoms with Crippen LogP contribution in [0.15, 0.2) is 95.4 Å². The zero-order chi connectivity index (χ0) is 34.3. The molecule has 2 aromatic carbocycles. The van der Waals surface area contributed by atoms with Crippen LogP contribution in [0.25, 0.3) is 0 Å². The summed E-state index contributed by atoms with van der Waals surface area (Å²) in [5.41, 5.74) is 11.9. The quantitative estimate of drug-likeness (QED) is 0.123. The number of rotatable bonds is 14. The summed E-state index contributed by atoms with van der Waals surface area (Å²) in [5, 5.41) is 6.80. The average molecular weight is 648 g/mol. The highest BCUT2D eigenvalue weighted by Gasteiger charge is 2.43. The first-order chi connectivity index (χ1) is 23.1. The normalized spacial score (nSPS) is 19.8. The van der Waals surface area contributed by atoms with Crippen molar-refractivity contribution >= 4 is 29.3 Å². The van der Waals surface area contributed by atoms with Gasteiger partial charge in [-0.3, -0.25) is 4.79 Å². The van der Waals surface area contributed by atoms with Gasteiger partial charge in [-0.25, -0.2) is 0 Å². The number of fused-ring (bicyclic) bond motifs is 2. The van der Waals surface area contributed by atoms with Crippen LogP contribution in [0, 0.1) is 0 Å². The lowest BCUT2D eigenvalue weighted by molar-refractivity contribution is -0.433. The molecular weight excluding hydrogens is 592 g/mol. The van der Waals surface area contributed by atoms with Gasteiger partial charge in [-0.15, -0.1) is 0 Å². The number of carbonyl (C=O) groups excluding carboxylic acids is 2. The molecule has 2 N–H and O–H groups in total. The van der Waals surface area contributed by atoms with Crippen molar-refractivity contribution in [3.63, 3.8) is 0 Å². The molecule has 5 rings (SSSR count). The van der Waals surface area contributed by atoms with Crippen LogP contribution >= 0.6 is 0 Å². The number of hydrogen-bond donors (Lipinski definition) is 2. The van der Waals surface area contributed by atoms with Crippen LogP contribution in [0.5, 0.6) is 0 Å². The number of likely N-dealkylation sites (N-methyl/N-ethyl adjacent to an activating group) is 1. The number of allylic oxidation sites excluding steroid dienone is 7. The minimum Gasteiger partial charge on any atom is -0.385 e. The third-order valence-electron chi connectivity index (χ3n) is 10.4. The number of anilines is 1. The second-order valence-electron chi connectivity index (χ2n) is 14.2. The smallest absolute Gasteiger partial charge is 0.220 e. The summed E-state index contributed by atoms with van der Waals surface area (Å²) in [4.78, 5) is 25.0. The fourth-order valence-corrected chi connectivity index (χ4v) is 7.78. The first kappa shape index (κ1) is 35.1. The van der Waals surface area contributed by atoms with Crippen molar-refractivity contribution in [3.8, 4) is 0 Å². The molecule has 0 aromatic heterocycles. The van der Waals surface area contributed by atoms with Gasteiger partial charge in [0.15, 0.2) is 5.71 Å². The van der Waals surface area contributed by atoms with Crippen molar-refractivity contribution in [2.45, 2.75) is 97.3 Å². The van der Waals surface area contributed by atoms with E-state index in [0.29, 0.717) is 6.54 Å². The lowest BCUT2D eigenvalue weighted by Gasteiger charge is -2.27. The molecule has 0 bridgehead atoms. The molecule has 48 heavy (non-hydrogen) atoms. The number of nitrogens with zero attached hydrogens (tertiary/aromatic N) is 2. The minimum atomic E-state index is -0.0716. The molecule has 2 aromatic rings. The van der Waals surface area contributed by atoms with Crippen LogP contribution in [0.4, 0.5) is 11.4 Å². The zero-order valence-corrected chi connectivity index (χ0v) is 30.0. The summed E-state index contributed by atoms with van der Waals surface area (Å²) in [7, 11) is 0. The van der Waals surface area contributed by atoms with Gasteiger partial charge in [-0.05, 0) is 88.7 Å². The Kier molecular flexibility index (Phi) is 11.2. The Morgan fingerprint density at radius 2 is 1.62 bits per heavy atom. The minimum absolute atomic E-state index is 0.0514. The predicted molar refractivity (Wildman–Crippen MR) is 199 cm³/mol. The van der Waals surface area contributed by atoms with E-state index >= 15 is 0 Å². The van der Waals surface area contributed by atoms with Gasteiger partial charge in [-0.1, -0.05) is 62.4 Å². The van der Waals surface area contributed by atoms with Gasteiger partial charge in [0.25, 0.3) is 0 Å². The zero-order valence-electron chi connectivity index (χ0n) is 30.0. The van der Waals surface area contributed by atoms with Crippen LogP contribution < -0.4 is 15.5 Å². The molecule has 0 spiro atoms. The van der Waals surface area contributed by atoms with Gasteiger partial charge in [0.05, 0.1) is 5.41 Å². The fourth-order valence-electron chi connectivity index (χ4n) is 7.78. The van der Waals surface area contributed by atoms with Crippen LogP contribution in [0.1, 0.15) is 97.6 Å². The van der Waals surface area contributed by atoms with Crippen molar-refractivity contribution in [1.82, 2.24) is 10.6 Å². The predicted octanol–water partition coefficient (Wildman–Crippen LogP) is 8.17. The molecule has 6 heteroatoms. The first-order valence-electron chi connectivity index (χ1n) is 18.0. The molecule has 1 aliphatic carbocycles. The van der Waals surface area contributed by atoms with Gasteiger partial charge < -0.3 is 20.3 Å². The highest BCUT2D eigenvalue weighted by Crippen LogP contribution is 2.47. The Balaban J connectivity index is 1.44. The van der Waals surface area contributed by atoms with Crippen molar-refractivity contribution in [2.24, 2.45) is 0 Å². The van der Waals surface area contributed by atoms with Crippen LogP contribution in [0.2, 0.25) is 0 Å². The third-order valence-corrected chi connectivity index (χ3v) is 10.4. The van der Waals surface area contributed by atoms with E-state index in [4.69, 9.17) is 0 Å². The maximum Gasteiger partial charge on any atom is 0.220 e. The fraction of sp³-hybridized carbons (Fsp3) is 0.452. The number of unbranched alkanes of at least 4 members (excludes halogenated alkanes) is 1. The van der Waals surface area contributed by atoms with Crippen LogP contribution in [-0.2, 0) is 20.4 Å². The van der Waals surface area contributed by atoms with Crippen LogP contribution in [0.3, 0.4) is 0 Å². The Labute approximate surface area is 288 Å². The lowest BCUT2D eigenvalue weighted by atomic mass is 9.81. The second kappa shape index (κ2) is 15.4. The molecular formula is C42H55N4O2+. The first-order valence-corrected chi connectivity index (χ1v) is 18.0. The number of nitrogens with one attached hydrogen (secondary N) is 2. The maximum absolute atomic E-state index is 11.9. The summed E-state index contributed by atoms with van der Waals surface area (Å²) in [5.74, 6) is -0.0514. The highest BCUT2D eigenvalue weighted by atomic mass is 16.1. The van der Waals surface area contributed by atoms with E-state index in [-0.39, 0.29) is 29.6 Å². The largest absolute Gasteiger partial charge is 0.385 e. The van der Waals surface area contributed by atoms with Crippen molar-refractivity contribution < 1.29 is 14.2 Å². The van der Waals surface area contributed by atoms with Gasteiger partial charge in [0.2, 0.25) is 11.6 Å². The van der Waals surface area contributed by atoms with E-state index in [2.05, 4.69) is 134 Å². The average Bonchev–Trinajstić information content (AvgIpc) is 3.45. The highest BCUT2D eigenvalue weighted by molar-refractivity contribution is 6.03. The lowest BCUT2D eigenvalue weighted by Crippen LogP contribution is -2.28. The Morgan fingerprint density at radius 3 is 2.38 bits per heavy atom. The van der Waals surface area contributed by atoms with Gasteiger partial charge in [-0.2, -0.15) is 4.58 Å². The maximum atomic E-state index is 11.9. The summed E-state index contributed by atoms with van der Waals surface area (Å²) in [6, 6.07) is 17.6. The van der Waals surface area contributed by atoms with Crippen molar-refractivity contribution in [1.29, 1.82) is 0 Å². The number of amides is 1. The molecule has 0 atom stereocenters. The van der Waals surface area contributed by atoms with E-state index in [1.54, 1.807) is 0 Å². The summed E-state index contributed by atoms with van der Waals surface area (Å²) in [6.45, 7) is 17.2. The second-order valence-corrected chi connectivity index (χ2v) is 14.2. The van der Waals surface area contributed by atoms with Crippen molar-refractivity contribution in [3.05, 3.63) is 107 Å². The molecule has 0 fully saturated rings. The van der Waals surface area contributed by atoms with Crippen molar-refractivity contribution in [2.75, 3.05) is 31.1 Å². The number of benzene rings is 2. The number of hydrogen-bond acceptors (Lipinski definition) is 4. The number of para-hydroxylation sites is 2. The molecule has 0 saturated carbocycles. The molecule has 254 valence electrons. The SMILES string of the molecule is CCN1/C(=C/C=C2\CCCC(/C=C/C3=[N+](CC)c4ccccc4C3(C)C)=C2NCCCCNC(=O)CCC=O)C(C)(C)c2ccccc21. The molecule has 0 saturated heterocycles. The van der Waals surface area contributed by atoms with E-state index in [1.165, 1.54) is 50.8 Å². The Hall–Kier alpha value is -4.19. The Bertz CT molecular complexity index is 1670. The van der Waals surface area contributed by atoms with E-state index in [9.17, 15) is 9.59 Å². The molecule has 0 unspecified atom stereocenters. The monoisotopic (exact) mass is 647 g/mol. The molecule has 0 radical (unpaired) electrons. The van der Waals surface area contributed by atoms with Gasteiger partial charge in [0.1, 0.15) is 12.8 Å². The molecule has 1 amide bonds. The van der Waals surface area contributed by atoms with Gasteiger partial charge in [0, 0.05) is 72.7 Å². The standard InChI is InChI=1S/C42H54N4O2/c1-7-45-35-21-11-9-19-33(35)41(3,4)37(45)26-24-31-17-15-18-32(40(31)44-29-14-13-28-43-39(48)23-16-30-47)25-27-38-42(5,6)34-20-10-12-22-36(34)46(38)8-2/h9-12,19-22,24-27,30H,7-8,13-18,23,28-29H2,1-6H3,(H,43,48)/p+1/b31-24+,37-26+. The summed E-state index contributed by atoms with van der Waals surface area (Å²) in [6.07, 6.45) is 15.8. The molecule has 2 aliphatic heterocycles. The molecule has 2 heterocycles. The third kappa shape index (κ3) is 7.13. The summed E-state index contributed by atoms with van der Waals surface area (Å²) >= 11 is 0. The van der Waals surface area contributed by atoms with E-state index in [1.807, 2.05) is 0 Å². The van der Waals surface area contributed by atoms with Crippen LogP contribution in [-0.4, -0.2) is 48.7 Å². The number of carbonyl (C=O) groups is 2. The van der Waals surface area contributed by atoms with Gasteiger partial charge >= 0.3 is 0 Å². The van der Waals surface area contributed by atoms with E-state index in [0.717, 1.165) is 58.0 Å². The van der Waals surface area contributed by atoms with E-state index < -0.39 is 0 Å². The number of aldehydes is 1. The summed E-state index contributed by atoms with van der Waals surface area (Å²) < 4.78 is 2.46. The molecule has 6 nitrogen and oxygen atoms in total. The topological polar surface area (TPSA) is 64.5 Å². The molecule has 3 aliphatic rings.